The van der Waals surface area contributed by atoms with Crippen LogP contribution in [0.5, 0.6) is 0 Å². The van der Waals surface area contributed by atoms with E-state index in [2.05, 4.69) is 4.99 Å². The molecule has 1 heterocycles. The van der Waals surface area contributed by atoms with Crippen molar-refractivity contribution in [2.24, 2.45) is 4.99 Å². The summed E-state index contributed by atoms with van der Waals surface area (Å²) in [6, 6.07) is 0. The van der Waals surface area contributed by atoms with Crippen molar-refractivity contribution in [3.8, 4) is 0 Å². The summed E-state index contributed by atoms with van der Waals surface area (Å²) < 4.78 is 5.24. The minimum atomic E-state index is -0.0508. The van der Waals surface area contributed by atoms with E-state index in [-0.39, 0.29) is 5.91 Å². The minimum absolute atomic E-state index is 0.0508. The first-order chi connectivity index (χ1) is 8.50. The van der Waals surface area contributed by atoms with Gasteiger partial charge in [0.25, 0.3) is 5.91 Å². The number of carbonyl (C=O) groups is 1. The van der Waals surface area contributed by atoms with Gasteiger partial charge in [-0.15, -0.1) is 0 Å². The van der Waals surface area contributed by atoms with Gasteiger partial charge >= 0.3 is 0 Å². The van der Waals surface area contributed by atoms with E-state index in [0.717, 1.165) is 0 Å². The zero-order valence-electron chi connectivity index (χ0n) is 11.6. The first-order valence-corrected chi connectivity index (χ1v) is 5.96. The van der Waals surface area contributed by atoms with Crippen LogP contribution in [-0.2, 0) is 9.53 Å². The van der Waals surface area contributed by atoms with E-state index in [4.69, 9.17) is 4.74 Å². The van der Waals surface area contributed by atoms with E-state index in [1.807, 2.05) is 33.1 Å². The van der Waals surface area contributed by atoms with E-state index < -0.39 is 0 Å². The van der Waals surface area contributed by atoms with Crippen molar-refractivity contribution in [1.29, 1.82) is 0 Å². The van der Waals surface area contributed by atoms with Crippen molar-refractivity contribution in [2.75, 3.05) is 54.5 Å². The molecule has 0 aromatic heterocycles. The zero-order chi connectivity index (χ0) is 13.5. The Morgan fingerprint density at radius 1 is 1.17 bits per heavy atom. The second-order valence-electron chi connectivity index (χ2n) is 4.59. The van der Waals surface area contributed by atoms with Crippen molar-refractivity contribution in [2.45, 2.75) is 0 Å². The van der Waals surface area contributed by atoms with Crippen LogP contribution in [0.15, 0.2) is 16.9 Å². The summed E-state index contributed by atoms with van der Waals surface area (Å²) in [6.07, 6.45) is 3.37. The fourth-order valence-corrected chi connectivity index (χ4v) is 1.49. The fraction of sp³-hybridized carbons (Fsp3) is 0.667. The molecule has 0 saturated carbocycles. The molecule has 0 radical (unpaired) electrons. The van der Waals surface area contributed by atoms with Gasteiger partial charge in [0.2, 0.25) is 0 Å². The predicted octanol–water partition coefficient (Wildman–Crippen LogP) is -0.162. The Morgan fingerprint density at radius 2 is 1.78 bits per heavy atom. The van der Waals surface area contributed by atoms with Crippen molar-refractivity contribution >= 4 is 12.2 Å². The van der Waals surface area contributed by atoms with Gasteiger partial charge in [-0.25, -0.2) is 4.99 Å². The number of hydrogen-bond acceptors (Lipinski definition) is 4. The summed E-state index contributed by atoms with van der Waals surface area (Å²) in [5, 5.41) is 0. The van der Waals surface area contributed by atoms with E-state index in [9.17, 15) is 4.79 Å². The van der Waals surface area contributed by atoms with Crippen LogP contribution in [0.3, 0.4) is 0 Å². The Kier molecular flexibility index (Phi) is 5.64. The third-order valence-electron chi connectivity index (χ3n) is 2.33. The SMILES string of the molecule is CN(C)C=N/C(=C/N(C)C)C(=O)N1CCOCC1. The minimum Gasteiger partial charge on any atom is -0.382 e. The van der Waals surface area contributed by atoms with Gasteiger partial charge in [-0.2, -0.15) is 0 Å². The van der Waals surface area contributed by atoms with E-state index in [0.29, 0.717) is 32.0 Å². The maximum atomic E-state index is 12.3. The lowest BCUT2D eigenvalue weighted by atomic mass is 10.3. The first kappa shape index (κ1) is 14.5. The highest BCUT2D eigenvalue weighted by Gasteiger charge is 2.20. The lowest BCUT2D eigenvalue weighted by Crippen LogP contribution is -2.41. The quantitative estimate of drug-likeness (QED) is 0.397. The van der Waals surface area contributed by atoms with Gasteiger partial charge in [-0.3, -0.25) is 4.79 Å². The molecule has 1 rings (SSSR count). The molecule has 0 atom stereocenters. The molecule has 0 aromatic carbocycles. The van der Waals surface area contributed by atoms with Gasteiger partial charge < -0.3 is 19.4 Å². The molecule has 0 spiro atoms. The highest BCUT2D eigenvalue weighted by Crippen LogP contribution is 2.07. The number of ether oxygens (including phenoxy) is 1. The molecule has 1 aliphatic heterocycles. The lowest BCUT2D eigenvalue weighted by molar-refractivity contribution is -0.131. The molecule has 6 nitrogen and oxygen atoms in total. The molecule has 0 aliphatic carbocycles. The van der Waals surface area contributed by atoms with E-state index in [1.165, 1.54) is 0 Å². The average Bonchev–Trinajstić information content (AvgIpc) is 2.34. The maximum absolute atomic E-state index is 12.3. The summed E-state index contributed by atoms with van der Waals surface area (Å²) in [4.78, 5) is 21.9. The fourth-order valence-electron chi connectivity index (χ4n) is 1.49. The van der Waals surface area contributed by atoms with Gasteiger partial charge in [-0.05, 0) is 0 Å². The molecular weight excluding hydrogens is 232 g/mol. The summed E-state index contributed by atoms with van der Waals surface area (Å²) in [7, 11) is 7.49. The molecular formula is C12H22N4O2. The topological polar surface area (TPSA) is 48.4 Å². The van der Waals surface area contributed by atoms with Crippen molar-refractivity contribution in [3.05, 3.63) is 11.9 Å². The average molecular weight is 254 g/mol. The summed E-state index contributed by atoms with van der Waals surface area (Å²) in [5.74, 6) is -0.0508. The molecule has 0 bridgehead atoms. The van der Waals surface area contributed by atoms with Gasteiger partial charge in [0.1, 0.15) is 5.70 Å². The molecule has 0 unspecified atom stereocenters. The smallest absolute Gasteiger partial charge is 0.274 e. The van der Waals surface area contributed by atoms with Gasteiger partial charge in [0, 0.05) is 47.5 Å². The van der Waals surface area contributed by atoms with Crippen LogP contribution in [0.2, 0.25) is 0 Å². The molecule has 6 heteroatoms. The number of morpholine rings is 1. The number of hydrogen-bond donors (Lipinski definition) is 0. The molecule has 1 aliphatic rings. The normalized spacial score (nSPS) is 17.1. The highest BCUT2D eigenvalue weighted by molar-refractivity contribution is 5.94. The van der Waals surface area contributed by atoms with Crippen LogP contribution in [0.25, 0.3) is 0 Å². The number of nitrogens with zero attached hydrogens (tertiary/aromatic N) is 4. The van der Waals surface area contributed by atoms with Gasteiger partial charge in [-0.1, -0.05) is 0 Å². The largest absolute Gasteiger partial charge is 0.382 e. The van der Waals surface area contributed by atoms with Crippen molar-refractivity contribution in [3.63, 3.8) is 0 Å². The molecule has 18 heavy (non-hydrogen) atoms. The van der Waals surface area contributed by atoms with E-state index in [1.54, 1.807) is 22.3 Å². The second-order valence-corrected chi connectivity index (χ2v) is 4.59. The zero-order valence-corrected chi connectivity index (χ0v) is 11.6. The predicted molar refractivity (Wildman–Crippen MR) is 71.3 cm³/mol. The monoisotopic (exact) mass is 254 g/mol. The first-order valence-electron chi connectivity index (χ1n) is 5.96. The Balaban J connectivity index is 2.78. The number of aliphatic imine (C=N–C) groups is 1. The van der Waals surface area contributed by atoms with Crippen molar-refractivity contribution in [1.82, 2.24) is 14.7 Å². The summed E-state index contributed by atoms with van der Waals surface area (Å²) in [5.41, 5.74) is 0.440. The number of rotatable bonds is 4. The van der Waals surface area contributed by atoms with Crippen molar-refractivity contribution < 1.29 is 9.53 Å². The Labute approximate surface area is 109 Å². The lowest BCUT2D eigenvalue weighted by Gasteiger charge is -2.27. The van der Waals surface area contributed by atoms with Gasteiger partial charge in [0.05, 0.1) is 19.6 Å². The molecule has 0 aromatic rings. The Bertz CT molecular complexity index is 331. The third kappa shape index (κ3) is 4.75. The summed E-state index contributed by atoms with van der Waals surface area (Å²) in [6.45, 7) is 2.44. The molecule has 1 fully saturated rings. The second kappa shape index (κ2) is 7.00. The van der Waals surface area contributed by atoms with Crippen LogP contribution in [-0.4, -0.2) is 81.4 Å². The number of carbonyl (C=O) groups excluding carboxylic acids is 1. The van der Waals surface area contributed by atoms with Crippen LogP contribution in [0.1, 0.15) is 0 Å². The standard InChI is InChI=1S/C12H22N4O2/c1-14(2)9-11(13-10-15(3)4)12(17)16-5-7-18-8-6-16/h9-10H,5-8H2,1-4H3/b11-9+,13-10?. The molecule has 0 N–H and O–H groups in total. The van der Waals surface area contributed by atoms with Crippen LogP contribution < -0.4 is 0 Å². The summed E-state index contributed by atoms with van der Waals surface area (Å²) >= 11 is 0. The number of amides is 1. The third-order valence-corrected chi connectivity index (χ3v) is 2.33. The maximum Gasteiger partial charge on any atom is 0.274 e. The molecule has 102 valence electrons. The molecule has 1 saturated heterocycles. The Morgan fingerprint density at radius 3 is 2.28 bits per heavy atom. The van der Waals surface area contributed by atoms with Gasteiger partial charge in [0.15, 0.2) is 0 Å². The Hall–Kier alpha value is -1.56. The molecule has 1 amide bonds. The van der Waals surface area contributed by atoms with Crippen LogP contribution >= 0.6 is 0 Å². The van der Waals surface area contributed by atoms with E-state index >= 15 is 0 Å². The van der Waals surface area contributed by atoms with Crippen LogP contribution in [0.4, 0.5) is 0 Å². The van der Waals surface area contributed by atoms with Crippen LogP contribution in [0, 0.1) is 0 Å². The highest BCUT2D eigenvalue weighted by atomic mass is 16.5.